The molecule has 0 atom stereocenters. The molecule has 6 aromatic rings. The summed E-state index contributed by atoms with van der Waals surface area (Å²) in [6.45, 7) is -4.01. The van der Waals surface area contributed by atoms with Crippen molar-refractivity contribution in [3.8, 4) is 11.1 Å². The van der Waals surface area contributed by atoms with Crippen LogP contribution in [0.5, 0.6) is 0 Å². The lowest BCUT2D eigenvalue weighted by molar-refractivity contribution is -0.312. The summed E-state index contributed by atoms with van der Waals surface area (Å²) in [7, 11) is 0. The maximum atomic E-state index is 15.9. The Kier molecular flexibility index (Phi) is 5.13. The van der Waals surface area contributed by atoms with Crippen LogP contribution < -0.4 is 4.90 Å². The van der Waals surface area contributed by atoms with E-state index in [1.165, 1.54) is 0 Å². The van der Waals surface area contributed by atoms with E-state index in [1.807, 2.05) is 84.9 Å². The molecule has 0 amide bonds. The number of benzene rings is 5. The van der Waals surface area contributed by atoms with Gasteiger partial charge in [0.05, 0.1) is 5.56 Å². The van der Waals surface area contributed by atoms with Crippen molar-refractivity contribution in [2.24, 2.45) is 0 Å². The van der Waals surface area contributed by atoms with Crippen LogP contribution in [-0.2, 0) is 0 Å². The van der Waals surface area contributed by atoms with Crippen LogP contribution in [0, 0.1) is 0 Å². The lowest BCUT2D eigenvalue weighted by Crippen LogP contribution is -2.47. The first-order chi connectivity index (χ1) is 20.1. The molecule has 0 spiro atoms. The summed E-state index contributed by atoms with van der Waals surface area (Å²) in [5.41, 5.74) is 7.96. The van der Waals surface area contributed by atoms with Gasteiger partial charge in [-0.05, 0) is 77.3 Å². The second-order valence-corrected chi connectivity index (χ2v) is 10.5. The van der Waals surface area contributed by atoms with Crippen molar-refractivity contribution in [2.45, 2.75) is 0 Å². The molecule has 3 nitrogen and oxygen atoms in total. The molecule has 0 radical (unpaired) electrons. The fourth-order valence-corrected chi connectivity index (χ4v) is 6.13. The molecule has 1 aromatic heterocycles. The lowest BCUT2D eigenvalue weighted by atomic mass is 9.90. The molecule has 3 heterocycles. The Morgan fingerprint density at radius 3 is 1.95 bits per heavy atom. The zero-order valence-electron chi connectivity index (χ0n) is 22.0. The van der Waals surface area contributed by atoms with E-state index >= 15 is 8.63 Å². The standard InChI is InChI=1S/C35H24BF2N3/c37-36(38)39-23-27-9-7-8-14-32(27)34(39)22-35-33-20-17-26(21-28(33)24-40(35)36)25-15-18-31(19-16-25)41(29-10-3-1-4-11-29)30-12-5-2-6-13-30/h1-24H. The number of rotatable bonds is 4. The Morgan fingerprint density at radius 2 is 1.24 bits per heavy atom. The number of para-hydroxylation sites is 2. The summed E-state index contributed by atoms with van der Waals surface area (Å²) in [6, 6.07) is 42.5. The maximum absolute atomic E-state index is 15.9. The number of fused-ring (bicyclic) bond motifs is 6. The molecule has 2 aliphatic rings. The second-order valence-electron chi connectivity index (χ2n) is 10.5. The molecule has 5 aromatic carbocycles. The zero-order valence-corrected chi connectivity index (χ0v) is 22.0. The van der Waals surface area contributed by atoms with Crippen LogP contribution >= 0.6 is 0 Å². The van der Waals surface area contributed by atoms with E-state index in [0.29, 0.717) is 11.4 Å². The van der Waals surface area contributed by atoms with Gasteiger partial charge in [-0.2, -0.15) is 0 Å². The first kappa shape index (κ1) is 23.6. The van der Waals surface area contributed by atoms with E-state index in [2.05, 4.69) is 53.4 Å². The minimum absolute atomic E-state index is 0.546. The van der Waals surface area contributed by atoms with Gasteiger partial charge in [0.2, 0.25) is 0 Å². The third kappa shape index (κ3) is 3.68. The first-order valence-corrected chi connectivity index (χ1v) is 13.7. The minimum Gasteiger partial charge on any atom is -0.395 e. The number of nitrogens with zero attached hydrogens (tertiary/aromatic N) is 3. The van der Waals surface area contributed by atoms with Gasteiger partial charge >= 0.3 is 6.97 Å². The molecular formula is C35H24BF2N3. The van der Waals surface area contributed by atoms with E-state index < -0.39 is 6.97 Å². The SMILES string of the molecule is F[B-]1(F)n2cc3cc(-c4ccc(N(c5ccccc5)c5ccccc5)cc4)ccc3c2C=C2c3ccccc3C=[N+]21. The Morgan fingerprint density at radius 1 is 0.634 bits per heavy atom. The van der Waals surface area contributed by atoms with Crippen LogP contribution in [0.15, 0.2) is 134 Å². The summed E-state index contributed by atoms with van der Waals surface area (Å²) >= 11 is 0. The minimum atomic E-state index is -4.01. The van der Waals surface area contributed by atoms with Crippen LogP contribution in [0.1, 0.15) is 16.8 Å². The monoisotopic (exact) mass is 535 g/mol. The van der Waals surface area contributed by atoms with Crippen molar-refractivity contribution < 1.29 is 13.1 Å². The molecule has 2 aliphatic heterocycles. The van der Waals surface area contributed by atoms with Crippen LogP contribution in [0.4, 0.5) is 25.7 Å². The second kappa shape index (κ2) is 8.90. The Labute approximate surface area is 236 Å². The molecule has 0 aliphatic carbocycles. The Bertz CT molecular complexity index is 1970. The van der Waals surface area contributed by atoms with Gasteiger partial charge in [0.1, 0.15) is 6.21 Å². The smallest absolute Gasteiger partial charge is 0.395 e. The maximum Gasteiger partial charge on any atom is 0.737 e. The highest BCUT2D eigenvalue weighted by molar-refractivity contribution is 6.59. The number of aromatic nitrogens is 1. The summed E-state index contributed by atoms with van der Waals surface area (Å²) in [6.07, 6.45) is 5.05. The Hall–Kier alpha value is -5.23. The summed E-state index contributed by atoms with van der Waals surface area (Å²) in [5.74, 6) is 0. The van der Waals surface area contributed by atoms with Crippen molar-refractivity contribution in [2.75, 3.05) is 4.90 Å². The van der Waals surface area contributed by atoms with Crippen molar-refractivity contribution in [1.82, 2.24) is 4.48 Å². The quantitative estimate of drug-likeness (QED) is 0.205. The number of halogens is 2. The van der Waals surface area contributed by atoms with Crippen LogP contribution in [-0.4, -0.2) is 22.1 Å². The average molecular weight is 535 g/mol. The average Bonchev–Trinajstić information content (AvgIpc) is 3.59. The van der Waals surface area contributed by atoms with Gasteiger partial charge in [0, 0.05) is 39.8 Å². The highest BCUT2D eigenvalue weighted by Gasteiger charge is 2.52. The lowest BCUT2D eigenvalue weighted by Gasteiger charge is -2.27. The third-order valence-corrected chi connectivity index (χ3v) is 8.11. The van der Waals surface area contributed by atoms with Crippen LogP contribution in [0.3, 0.4) is 0 Å². The van der Waals surface area contributed by atoms with Gasteiger partial charge in [-0.15, -0.1) is 0 Å². The Balaban J connectivity index is 1.18. The predicted molar refractivity (Wildman–Crippen MR) is 165 cm³/mol. The van der Waals surface area contributed by atoms with Crippen LogP contribution in [0.2, 0.25) is 0 Å². The van der Waals surface area contributed by atoms with E-state index in [-0.39, 0.29) is 0 Å². The van der Waals surface area contributed by atoms with Gasteiger partial charge in [-0.25, -0.2) is 0 Å². The fraction of sp³-hybridized carbons (Fsp3) is 0. The highest BCUT2D eigenvalue weighted by atomic mass is 19.2. The summed E-state index contributed by atoms with van der Waals surface area (Å²) < 4.78 is 34.0. The van der Waals surface area contributed by atoms with Crippen molar-refractivity contribution >= 4 is 52.8 Å². The van der Waals surface area contributed by atoms with Crippen molar-refractivity contribution in [1.29, 1.82) is 0 Å². The molecule has 0 unspecified atom stereocenters. The number of hydrogen-bond acceptors (Lipinski definition) is 1. The van der Waals surface area contributed by atoms with Gasteiger partial charge in [0.25, 0.3) is 0 Å². The zero-order chi connectivity index (χ0) is 27.6. The number of hydrogen-bond donors (Lipinski definition) is 0. The van der Waals surface area contributed by atoms with E-state index in [0.717, 1.165) is 59.1 Å². The fourth-order valence-electron chi connectivity index (χ4n) is 6.13. The molecule has 196 valence electrons. The van der Waals surface area contributed by atoms with Crippen molar-refractivity contribution in [3.63, 3.8) is 0 Å². The summed E-state index contributed by atoms with van der Waals surface area (Å²) in [4.78, 5) is 2.22. The molecule has 0 bridgehead atoms. The topological polar surface area (TPSA) is 11.2 Å². The molecule has 0 saturated carbocycles. The molecule has 41 heavy (non-hydrogen) atoms. The molecule has 8 rings (SSSR count). The van der Waals surface area contributed by atoms with E-state index in [1.54, 1.807) is 12.4 Å². The van der Waals surface area contributed by atoms with Crippen molar-refractivity contribution in [3.05, 3.63) is 150 Å². The van der Waals surface area contributed by atoms with Gasteiger partial charge in [-0.3, -0.25) is 0 Å². The first-order valence-electron chi connectivity index (χ1n) is 13.7. The summed E-state index contributed by atoms with van der Waals surface area (Å²) in [5, 5.41) is 1.62. The number of anilines is 3. The molecule has 6 heteroatoms. The van der Waals surface area contributed by atoms with Crippen LogP contribution in [0.25, 0.3) is 33.7 Å². The van der Waals surface area contributed by atoms with Gasteiger partial charge in [0.15, 0.2) is 5.70 Å². The largest absolute Gasteiger partial charge is 0.737 e. The highest BCUT2D eigenvalue weighted by Crippen LogP contribution is 2.41. The normalized spacial score (nSPS) is 14.6. The molecular weight excluding hydrogens is 511 g/mol. The van der Waals surface area contributed by atoms with E-state index in [4.69, 9.17) is 0 Å². The third-order valence-electron chi connectivity index (χ3n) is 8.11. The van der Waals surface area contributed by atoms with Gasteiger partial charge < -0.3 is 22.5 Å². The van der Waals surface area contributed by atoms with Gasteiger partial charge in [-0.1, -0.05) is 72.8 Å². The predicted octanol–water partition coefficient (Wildman–Crippen LogP) is 8.96. The van der Waals surface area contributed by atoms with E-state index in [9.17, 15) is 0 Å². The molecule has 0 fully saturated rings. The molecule has 0 N–H and O–H groups in total. The molecule has 0 saturated heterocycles.